The molecular formula is C19H33N3O2. The molecule has 0 aliphatic heterocycles. The van der Waals surface area contributed by atoms with Gasteiger partial charge in [-0.05, 0) is 50.9 Å². The summed E-state index contributed by atoms with van der Waals surface area (Å²) in [4.78, 5) is 12.5. The molecule has 5 heteroatoms. The molecule has 1 aromatic carbocycles. The minimum Gasteiger partial charge on any atom is -0.374 e. The number of ether oxygens (including phenoxy) is 1. The van der Waals surface area contributed by atoms with Crippen LogP contribution in [0.3, 0.4) is 0 Å². The molecule has 0 bridgehead atoms. The molecule has 24 heavy (non-hydrogen) atoms. The summed E-state index contributed by atoms with van der Waals surface area (Å²) < 4.78 is 5.58. The van der Waals surface area contributed by atoms with Crippen molar-refractivity contribution >= 4 is 11.6 Å². The van der Waals surface area contributed by atoms with Crippen molar-refractivity contribution in [1.82, 2.24) is 5.32 Å². The van der Waals surface area contributed by atoms with Crippen LogP contribution < -0.4 is 16.4 Å². The van der Waals surface area contributed by atoms with E-state index in [-0.39, 0.29) is 24.1 Å². The molecule has 5 nitrogen and oxygen atoms in total. The van der Waals surface area contributed by atoms with E-state index in [1.165, 1.54) is 0 Å². The number of unbranched alkanes of at least 4 members (excludes halogenated alkanes) is 1. The highest BCUT2D eigenvalue weighted by Gasteiger charge is 2.18. The number of nitrogens with two attached hydrogens (primary N) is 1. The van der Waals surface area contributed by atoms with Crippen molar-refractivity contribution in [2.75, 3.05) is 11.9 Å². The summed E-state index contributed by atoms with van der Waals surface area (Å²) in [7, 11) is 0. The molecule has 0 heterocycles. The average Bonchev–Trinajstić information content (AvgIpc) is 2.53. The molecule has 1 amide bonds. The minimum atomic E-state index is -0.194. The molecule has 0 saturated heterocycles. The van der Waals surface area contributed by atoms with Gasteiger partial charge >= 0.3 is 0 Å². The largest absolute Gasteiger partial charge is 0.374 e. The van der Waals surface area contributed by atoms with Gasteiger partial charge in [0.15, 0.2) is 0 Å². The van der Waals surface area contributed by atoms with Crippen LogP contribution in [0, 0.1) is 0 Å². The predicted octanol–water partition coefficient (Wildman–Crippen LogP) is 3.05. The molecule has 0 unspecified atom stereocenters. The highest BCUT2D eigenvalue weighted by atomic mass is 16.5. The molecule has 4 N–H and O–H groups in total. The molecule has 0 aromatic heterocycles. The van der Waals surface area contributed by atoms with Crippen LogP contribution >= 0.6 is 0 Å². The number of nitrogens with one attached hydrogen (secondary N) is 2. The number of hydrogen-bond acceptors (Lipinski definition) is 4. The quantitative estimate of drug-likeness (QED) is 0.543. The Balaban J connectivity index is 2.58. The molecular weight excluding hydrogens is 302 g/mol. The third-order valence-electron chi connectivity index (χ3n) is 3.60. The Labute approximate surface area is 146 Å². The van der Waals surface area contributed by atoms with Gasteiger partial charge in [0, 0.05) is 11.7 Å². The Morgan fingerprint density at radius 2 is 1.79 bits per heavy atom. The smallest absolute Gasteiger partial charge is 0.241 e. The third-order valence-corrected chi connectivity index (χ3v) is 3.60. The zero-order valence-electron chi connectivity index (χ0n) is 15.5. The fourth-order valence-electron chi connectivity index (χ4n) is 2.36. The van der Waals surface area contributed by atoms with E-state index in [4.69, 9.17) is 10.5 Å². The van der Waals surface area contributed by atoms with E-state index in [9.17, 15) is 4.79 Å². The Hall–Kier alpha value is -1.43. The number of rotatable bonds is 11. The van der Waals surface area contributed by atoms with Crippen LogP contribution in [0.1, 0.15) is 52.5 Å². The van der Waals surface area contributed by atoms with E-state index in [1.807, 2.05) is 52.0 Å². The first-order chi connectivity index (χ1) is 11.4. The van der Waals surface area contributed by atoms with Gasteiger partial charge in [0.25, 0.3) is 0 Å². The second-order valence-corrected chi connectivity index (χ2v) is 6.70. The van der Waals surface area contributed by atoms with Crippen LogP contribution in [0.2, 0.25) is 0 Å². The standard InChI is InChI=1S/C19H33N3O2/c1-14(2)21-18(7-5-6-12-20)19(23)22-17-10-8-16(9-11-17)13-24-15(3)4/h8-11,14-15,18,21H,5-7,12-13,20H2,1-4H3,(H,22,23)/t18-/m0/s1. The van der Waals surface area contributed by atoms with Crippen molar-refractivity contribution in [3.63, 3.8) is 0 Å². The summed E-state index contributed by atoms with van der Waals surface area (Å²) in [5.41, 5.74) is 7.45. The molecule has 1 rings (SSSR count). The zero-order valence-corrected chi connectivity index (χ0v) is 15.5. The van der Waals surface area contributed by atoms with Gasteiger partial charge in [-0.2, -0.15) is 0 Å². The lowest BCUT2D eigenvalue weighted by atomic mass is 10.1. The molecule has 0 fully saturated rings. The van der Waals surface area contributed by atoms with E-state index >= 15 is 0 Å². The van der Waals surface area contributed by atoms with Crippen molar-refractivity contribution in [2.45, 2.75) is 71.8 Å². The molecule has 0 aliphatic carbocycles. The van der Waals surface area contributed by atoms with E-state index in [0.717, 1.165) is 30.5 Å². The van der Waals surface area contributed by atoms with Crippen LogP contribution in [0.15, 0.2) is 24.3 Å². The molecule has 136 valence electrons. The van der Waals surface area contributed by atoms with Gasteiger partial charge in [-0.25, -0.2) is 0 Å². The van der Waals surface area contributed by atoms with Crippen LogP contribution in [0.4, 0.5) is 5.69 Å². The van der Waals surface area contributed by atoms with Crippen molar-refractivity contribution in [1.29, 1.82) is 0 Å². The molecule has 0 spiro atoms. The SMILES string of the molecule is CC(C)N[C@@H](CCCCN)C(=O)Nc1ccc(COC(C)C)cc1. The normalized spacial score (nSPS) is 12.6. The second-order valence-electron chi connectivity index (χ2n) is 6.70. The maximum atomic E-state index is 12.5. The van der Waals surface area contributed by atoms with E-state index in [0.29, 0.717) is 13.2 Å². The lowest BCUT2D eigenvalue weighted by Crippen LogP contribution is -2.43. The molecule has 0 saturated carbocycles. The Kier molecular flexibility index (Phi) is 9.60. The number of carbonyl (C=O) groups is 1. The van der Waals surface area contributed by atoms with Crippen LogP contribution in [-0.4, -0.2) is 30.6 Å². The number of benzene rings is 1. The first-order valence-corrected chi connectivity index (χ1v) is 8.90. The predicted molar refractivity (Wildman–Crippen MR) is 100.0 cm³/mol. The second kappa shape index (κ2) is 11.2. The monoisotopic (exact) mass is 335 g/mol. The van der Waals surface area contributed by atoms with Crippen molar-refractivity contribution in [2.24, 2.45) is 5.73 Å². The highest BCUT2D eigenvalue weighted by molar-refractivity contribution is 5.94. The third kappa shape index (κ3) is 8.43. The van der Waals surface area contributed by atoms with Gasteiger partial charge in [0.2, 0.25) is 5.91 Å². The van der Waals surface area contributed by atoms with Crippen LogP contribution in [-0.2, 0) is 16.1 Å². The molecule has 1 aromatic rings. The number of hydrogen-bond donors (Lipinski definition) is 3. The van der Waals surface area contributed by atoms with Gasteiger partial charge in [0.05, 0.1) is 18.8 Å². The first kappa shape index (κ1) is 20.6. The average molecular weight is 335 g/mol. The van der Waals surface area contributed by atoms with Gasteiger partial charge < -0.3 is 21.1 Å². The molecule has 0 aliphatic rings. The van der Waals surface area contributed by atoms with Crippen LogP contribution in [0.25, 0.3) is 0 Å². The summed E-state index contributed by atoms with van der Waals surface area (Å²) in [6.07, 6.45) is 2.89. The lowest BCUT2D eigenvalue weighted by molar-refractivity contribution is -0.118. The summed E-state index contributed by atoms with van der Waals surface area (Å²) in [6.45, 7) is 9.38. The van der Waals surface area contributed by atoms with Crippen molar-refractivity contribution in [3.05, 3.63) is 29.8 Å². The summed E-state index contributed by atoms with van der Waals surface area (Å²) in [6, 6.07) is 7.87. The topological polar surface area (TPSA) is 76.4 Å². The van der Waals surface area contributed by atoms with Gasteiger partial charge in [-0.3, -0.25) is 4.79 Å². The van der Waals surface area contributed by atoms with Crippen LogP contribution in [0.5, 0.6) is 0 Å². The lowest BCUT2D eigenvalue weighted by Gasteiger charge is -2.21. The molecule has 1 atom stereocenters. The fraction of sp³-hybridized carbons (Fsp3) is 0.632. The Morgan fingerprint density at radius 3 is 2.33 bits per heavy atom. The number of anilines is 1. The van der Waals surface area contributed by atoms with Gasteiger partial charge in [0.1, 0.15) is 0 Å². The van der Waals surface area contributed by atoms with E-state index in [1.54, 1.807) is 0 Å². The fourth-order valence-corrected chi connectivity index (χ4v) is 2.36. The summed E-state index contributed by atoms with van der Waals surface area (Å²) >= 11 is 0. The summed E-state index contributed by atoms with van der Waals surface area (Å²) in [5, 5.41) is 6.32. The Bertz CT molecular complexity index is 472. The minimum absolute atomic E-state index is 0.00639. The number of amides is 1. The maximum absolute atomic E-state index is 12.5. The molecule has 0 radical (unpaired) electrons. The highest BCUT2D eigenvalue weighted by Crippen LogP contribution is 2.13. The van der Waals surface area contributed by atoms with Crippen molar-refractivity contribution in [3.8, 4) is 0 Å². The zero-order chi connectivity index (χ0) is 17.9. The Morgan fingerprint density at radius 1 is 1.12 bits per heavy atom. The summed E-state index contributed by atoms with van der Waals surface area (Å²) in [5.74, 6) is 0.00639. The van der Waals surface area contributed by atoms with E-state index < -0.39 is 0 Å². The van der Waals surface area contributed by atoms with Gasteiger partial charge in [-0.15, -0.1) is 0 Å². The van der Waals surface area contributed by atoms with E-state index in [2.05, 4.69) is 10.6 Å². The van der Waals surface area contributed by atoms with Gasteiger partial charge in [-0.1, -0.05) is 32.4 Å². The first-order valence-electron chi connectivity index (χ1n) is 8.90. The number of carbonyl (C=O) groups excluding carboxylic acids is 1. The maximum Gasteiger partial charge on any atom is 0.241 e. The van der Waals surface area contributed by atoms with Crippen molar-refractivity contribution < 1.29 is 9.53 Å².